The maximum Gasteiger partial charge on any atom is 0.573 e. The van der Waals surface area contributed by atoms with Crippen LogP contribution in [-0.4, -0.2) is 54.9 Å². The number of rotatable bonds is 4. The molecule has 2 aromatic rings. The number of ether oxygens (including phenoxy) is 2. The van der Waals surface area contributed by atoms with E-state index in [1.165, 1.54) is 24.1 Å². The second kappa shape index (κ2) is 9.38. The van der Waals surface area contributed by atoms with Crippen molar-refractivity contribution in [1.29, 1.82) is 0 Å². The Morgan fingerprint density at radius 2 is 1.76 bits per heavy atom. The van der Waals surface area contributed by atoms with E-state index in [1.807, 2.05) is 0 Å². The van der Waals surface area contributed by atoms with Crippen LogP contribution < -0.4 is 14.8 Å². The lowest BCUT2D eigenvalue weighted by molar-refractivity contribution is -0.274. The van der Waals surface area contributed by atoms with Crippen LogP contribution in [-0.2, 0) is 0 Å². The molecule has 0 radical (unpaired) electrons. The highest BCUT2D eigenvalue weighted by atomic mass is 19.4. The van der Waals surface area contributed by atoms with E-state index in [2.05, 4.69) is 20.0 Å². The number of guanidine groups is 1. The van der Waals surface area contributed by atoms with Crippen molar-refractivity contribution in [2.24, 2.45) is 9.98 Å². The third-order valence-electron chi connectivity index (χ3n) is 5.04. The van der Waals surface area contributed by atoms with Gasteiger partial charge in [-0.15, -0.1) is 13.2 Å². The van der Waals surface area contributed by atoms with Gasteiger partial charge in [0.1, 0.15) is 11.5 Å². The molecule has 176 valence electrons. The Labute approximate surface area is 192 Å². The normalized spacial score (nSPS) is 15.4. The zero-order valence-corrected chi connectivity index (χ0v) is 17.9. The van der Waals surface area contributed by atoms with E-state index >= 15 is 0 Å². The van der Waals surface area contributed by atoms with Crippen molar-refractivity contribution in [2.75, 3.05) is 20.2 Å². The summed E-state index contributed by atoms with van der Waals surface area (Å²) >= 11 is 0. The van der Waals surface area contributed by atoms with Gasteiger partial charge in [-0.1, -0.05) is 12.1 Å². The van der Waals surface area contributed by atoms with E-state index < -0.39 is 18.0 Å². The van der Waals surface area contributed by atoms with Gasteiger partial charge in [0, 0.05) is 35.9 Å². The Kier molecular flexibility index (Phi) is 6.35. The Morgan fingerprint density at radius 1 is 1.06 bits per heavy atom. The summed E-state index contributed by atoms with van der Waals surface area (Å²) in [6.07, 6.45) is -2.88. The summed E-state index contributed by atoms with van der Waals surface area (Å²) in [7, 11) is 1.51. The van der Waals surface area contributed by atoms with Crippen molar-refractivity contribution in [1.82, 2.24) is 10.2 Å². The molecule has 2 amide bonds. The smallest absolute Gasteiger partial charge is 0.497 e. The number of amides is 2. The number of fused-ring (bicyclic) bond motifs is 1. The van der Waals surface area contributed by atoms with Gasteiger partial charge in [-0.2, -0.15) is 0 Å². The molecule has 0 bridgehead atoms. The first-order valence-electron chi connectivity index (χ1n) is 10.2. The van der Waals surface area contributed by atoms with Crippen molar-refractivity contribution >= 4 is 23.5 Å². The second-order valence-corrected chi connectivity index (χ2v) is 7.36. The van der Waals surface area contributed by atoms with Gasteiger partial charge in [-0.05, 0) is 36.4 Å². The molecule has 2 aromatic carbocycles. The number of halogens is 3. The summed E-state index contributed by atoms with van der Waals surface area (Å²) in [5, 5.41) is 2.66. The number of benzene rings is 2. The molecule has 0 unspecified atom stereocenters. The van der Waals surface area contributed by atoms with Gasteiger partial charge in [0.2, 0.25) is 5.96 Å². The zero-order chi connectivity index (χ0) is 24.3. The molecule has 1 N–H and O–H groups in total. The van der Waals surface area contributed by atoms with E-state index in [0.29, 0.717) is 29.0 Å². The van der Waals surface area contributed by atoms with Crippen molar-refractivity contribution in [3.63, 3.8) is 0 Å². The average molecular weight is 472 g/mol. The third-order valence-corrected chi connectivity index (χ3v) is 5.04. The average Bonchev–Trinajstić information content (AvgIpc) is 2.82. The SMILES string of the molecule is COc1cccc(C(=O)NC2=NCC3=CN(C(=O)c4cccc(OC(F)(F)F)c4)CCC3=N2)c1. The molecular weight excluding hydrogens is 453 g/mol. The molecule has 2 heterocycles. The van der Waals surface area contributed by atoms with Crippen LogP contribution in [0.1, 0.15) is 27.1 Å². The van der Waals surface area contributed by atoms with E-state index in [1.54, 1.807) is 30.5 Å². The molecule has 0 aromatic heterocycles. The van der Waals surface area contributed by atoms with Crippen LogP contribution in [0.2, 0.25) is 0 Å². The molecule has 2 aliphatic rings. The molecule has 34 heavy (non-hydrogen) atoms. The van der Waals surface area contributed by atoms with E-state index in [9.17, 15) is 22.8 Å². The fourth-order valence-electron chi connectivity index (χ4n) is 3.45. The number of hydrogen-bond donors (Lipinski definition) is 1. The summed E-state index contributed by atoms with van der Waals surface area (Å²) in [5.41, 5.74) is 1.81. The van der Waals surface area contributed by atoms with Crippen molar-refractivity contribution in [2.45, 2.75) is 12.8 Å². The van der Waals surface area contributed by atoms with Gasteiger partial charge >= 0.3 is 6.36 Å². The van der Waals surface area contributed by atoms with Crippen LogP contribution in [0.25, 0.3) is 0 Å². The van der Waals surface area contributed by atoms with Gasteiger partial charge in [0.05, 0.1) is 19.4 Å². The largest absolute Gasteiger partial charge is 0.573 e. The number of hydrogen-bond acceptors (Lipinski definition) is 6. The van der Waals surface area contributed by atoms with Gasteiger partial charge in [0.25, 0.3) is 11.8 Å². The molecular formula is C23H19F3N4O4. The number of carbonyl (C=O) groups excluding carboxylic acids is 2. The maximum absolute atomic E-state index is 12.8. The van der Waals surface area contributed by atoms with Crippen LogP contribution >= 0.6 is 0 Å². The standard InChI is InChI=1S/C23H19F3N4O4/c1-33-17-6-2-4-14(10-17)20(31)29-22-27-12-16-13-30(9-8-19(16)28-22)21(32)15-5-3-7-18(11-15)34-23(24,25)26/h2-7,10-11,13H,8-9,12H2,1H3,(H,27,29,31). The van der Waals surface area contributed by atoms with Crippen molar-refractivity contribution in [3.05, 3.63) is 71.4 Å². The molecule has 0 fully saturated rings. The van der Waals surface area contributed by atoms with E-state index in [4.69, 9.17) is 4.74 Å². The molecule has 0 atom stereocenters. The van der Waals surface area contributed by atoms with Gasteiger partial charge in [-0.25, -0.2) is 9.98 Å². The fraction of sp³-hybridized carbons (Fsp3) is 0.217. The molecule has 0 saturated carbocycles. The highest BCUT2D eigenvalue weighted by Crippen LogP contribution is 2.25. The molecule has 0 spiro atoms. The molecule has 8 nitrogen and oxygen atoms in total. The predicted octanol–water partition coefficient (Wildman–Crippen LogP) is 3.56. The number of methoxy groups -OCH3 is 1. The minimum Gasteiger partial charge on any atom is -0.497 e. The minimum atomic E-state index is -4.85. The Bertz CT molecular complexity index is 1220. The van der Waals surface area contributed by atoms with Crippen LogP contribution in [0, 0.1) is 0 Å². The summed E-state index contributed by atoms with van der Waals surface area (Å²) in [6, 6.07) is 11.6. The highest BCUT2D eigenvalue weighted by molar-refractivity contribution is 6.14. The Hall–Kier alpha value is -4.15. The summed E-state index contributed by atoms with van der Waals surface area (Å²) < 4.78 is 46.4. The van der Waals surface area contributed by atoms with Crippen LogP contribution in [0.5, 0.6) is 11.5 Å². The lowest BCUT2D eigenvalue weighted by Gasteiger charge is -2.27. The first kappa shape index (κ1) is 23.0. The minimum absolute atomic E-state index is 0.0598. The van der Waals surface area contributed by atoms with E-state index in [-0.39, 0.29) is 30.5 Å². The quantitative estimate of drug-likeness (QED) is 0.737. The Balaban J connectivity index is 1.44. The highest BCUT2D eigenvalue weighted by Gasteiger charge is 2.31. The number of nitrogens with zero attached hydrogens (tertiary/aromatic N) is 3. The maximum atomic E-state index is 12.8. The number of aliphatic imine (C=N–C) groups is 2. The van der Waals surface area contributed by atoms with Gasteiger partial charge < -0.3 is 14.4 Å². The van der Waals surface area contributed by atoms with Crippen molar-refractivity contribution < 1.29 is 32.2 Å². The molecule has 2 aliphatic heterocycles. The lowest BCUT2D eigenvalue weighted by atomic mass is 10.0. The molecule has 11 heteroatoms. The second-order valence-electron chi connectivity index (χ2n) is 7.36. The summed E-state index contributed by atoms with van der Waals surface area (Å²) in [4.78, 5) is 35.3. The molecule has 4 rings (SSSR count). The lowest BCUT2D eigenvalue weighted by Crippen LogP contribution is -2.37. The molecule has 0 aliphatic carbocycles. The van der Waals surface area contributed by atoms with Crippen LogP contribution in [0.3, 0.4) is 0 Å². The predicted molar refractivity (Wildman–Crippen MR) is 117 cm³/mol. The number of carbonyl (C=O) groups is 2. The first-order valence-corrected chi connectivity index (χ1v) is 10.2. The zero-order valence-electron chi connectivity index (χ0n) is 17.9. The number of nitrogens with one attached hydrogen (secondary N) is 1. The summed E-state index contributed by atoms with van der Waals surface area (Å²) in [5.74, 6) is -0.619. The summed E-state index contributed by atoms with van der Waals surface area (Å²) in [6.45, 7) is 0.455. The molecule has 0 saturated heterocycles. The fourth-order valence-corrected chi connectivity index (χ4v) is 3.45. The van der Waals surface area contributed by atoms with Gasteiger partial charge in [-0.3, -0.25) is 14.9 Å². The third kappa shape index (κ3) is 5.42. The number of alkyl halides is 3. The van der Waals surface area contributed by atoms with E-state index in [0.717, 1.165) is 12.1 Å². The van der Waals surface area contributed by atoms with Crippen LogP contribution in [0.4, 0.5) is 13.2 Å². The topological polar surface area (TPSA) is 92.6 Å². The first-order chi connectivity index (χ1) is 16.2. The van der Waals surface area contributed by atoms with Crippen molar-refractivity contribution in [3.8, 4) is 11.5 Å². The Morgan fingerprint density at radius 3 is 2.50 bits per heavy atom. The monoisotopic (exact) mass is 472 g/mol. The van der Waals surface area contributed by atoms with Gasteiger partial charge in [0.15, 0.2) is 0 Å². The van der Waals surface area contributed by atoms with Crippen LogP contribution in [0.15, 0.2) is 70.3 Å².